The van der Waals surface area contributed by atoms with Gasteiger partial charge in [-0.3, -0.25) is 0 Å². The van der Waals surface area contributed by atoms with Crippen molar-refractivity contribution >= 4 is 0 Å². The molecule has 0 bridgehead atoms. The maximum Gasteiger partial charge on any atom is 0.154 e. The van der Waals surface area contributed by atoms with Crippen molar-refractivity contribution in [2.75, 3.05) is 6.61 Å². The van der Waals surface area contributed by atoms with Crippen LogP contribution in [0.5, 0.6) is 0 Å². The van der Waals surface area contributed by atoms with Gasteiger partial charge in [-0.05, 0) is 26.2 Å². The van der Waals surface area contributed by atoms with Gasteiger partial charge in [0.2, 0.25) is 0 Å². The molecular formula is C9H15NO. The van der Waals surface area contributed by atoms with Crippen LogP contribution in [0.25, 0.3) is 0 Å². The van der Waals surface area contributed by atoms with E-state index in [9.17, 15) is 0 Å². The zero-order chi connectivity index (χ0) is 8.48. The molecule has 0 N–H and O–H groups in total. The minimum atomic E-state index is -0.520. The van der Waals surface area contributed by atoms with Crippen LogP contribution in [0.1, 0.15) is 27.2 Å². The van der Waals surface area contributed by atoms with Gasteiger partial charge in [-0.25, -0.2) is 0 Å². The van der Waals surface area contributed by atoms with Crippen molar-refractivity contribution in [1.29, 1.82) is 5.26 Å². The van der Waals surface area contributed by atoms with Gasteiger partial charge in [-0.2, -0.15) is 5.26 Å². The van der Waals surface area contributed by atoms with Crippen molar-refractivity contribution in [2.45, 2.75) is 32.8 Å². The Balaban J connectivity index is 2.55. The van der Waals surface area contributed by atoms with E-state index in [1.807, 2.05) is 13.8 Å². The topological polar surface area (TPSA) is 33.0 Å². The lowest BCUT2D eigenvalue weighted by molar-refractivity contribution is -0.000223. The number of hydrogen-bond donors (Lipinski definition) is 0. The van der Waals surface area contributed by atoms with E-state index >= 15 is 0 Å². The predicted octanol–water partition coefficient (Wildman–Crippen LogP) is 1.96. The van der Waals surface area contributed by atoms with Gasteiger partial charge < -0.3 is 4.74 Å². The molecule has 0 aromatic rings. The summed E-state index contributed by atoms with van der Waals surface area (Å²) in [5, 5.41) is 8.87. The van der Waals surface area contributed by atoms with Gasteiger partial charge >= 0.3 is 0 Å². The lowest BCUT2D eigenvalue weighted by Crippen LogP contribution is -2.30. The molecular weight excluding hydrogens is 138 g/mol. The minimum Gasteiger partial charge on any atom is -0.360 e. The van der Waals surface area contributed by atoms with Crippen LogP contribution in [0, 0.1) is 23.2 Å². The summed E-state index contributed by atoms with van der Waals surface area (Å²) in [4.78, 5) is 0. The predicted molar refractivity (Wildman–Crippen MR) is 42.9 cm³/mol. The third kappa shape index (κ3) is 1.54. The fourth-order valence-corrected chi connectivity index (χ4v) is 1.61. The first-order valence-corrected chi connectivity index (χ1v) is 4.19. The molecule has 1 rings (SSSR count). The Kier molecular flexibility index (Phi) is 2.20. The quantitative estimate of drug-likeness (QED) is 0.621. The van der Waals surface area contributed by atoms with E-state index in [2.05, 4.69) is 13.0 Å². The summed E-state index contributed by atoms with van der Waals surface area (Å²) >= 11 is 0. The standard InChI is InChI=1S/C9H15NO/c1-4-11-9(3,6-10)8-5-7(8)2/h7-8H,4-5H2,1-3H3. The second kappa shape index (κ2) is 2.83. The number of nitrogens with zero attached hydrogens (tertiary/aromatic N) is 1. The van der Waals surface area contributed by atoms with E-state index < -0.39 is 5.60 Å². The molecule has 0 aliphatic heterocycles. The van der Waals surface area contributed by atoms with Gasteiger partial charge in [-0.1, -0.05) is 6.92 Å². The molecule has 62 valence electrons. The van der Waals surface area contributed by atoms with Crippen LogP contribution >= 0.6 is 0 Å². The van der Waals surface area contributed by atoms with Crippen LogP contribution < -0.4 is 0 Å². The summed E-state index contributed by atoms with van der Waals surface area (Å²) in [6, 6.07) is 2.25. The molecule has 1 aliphatic carbocycles. The normalized spacial score (nSPS) is 34.0. The third-order valence-corrected chi connectivity index (χ3v) is 2.48. The minimum absolute atomic E-state index is 0.465. The molecule has 1 aliphatic rings. The van der Waals surface area contributed by atoms with E-state index in [0.717, 1.165) is 6.42 Å². The van der Waals surface area contributed by atoms with E-state index in [-0.39, 0.29) is 0 Å². The monoisotopic (exact) mass is 153 g/mol. The van der Waals surface area contributed by atoms with Crippen LogP contribution in [0.2, 0.25) is 0 Å². The highest BCUT2D eigenvalue weighted by Crippen LogP contribution is 2.47. The first-order chi connectivity index (χ1) is 5.14. The summed E-state index contributed by atoms with van der Waals surface area (Å²) in [5.74, 6) is 1.14. The average molecular weight is 153 g/mol. The zero-order valence-electron chi connectivity index (χ0n) is 7.42. The Bertz CT molecular complexity index is 184. The highest BCUT2D eigenvalue weighted by Gasteiger charge is 2.48. The lowest BCUT2D eigenvalue weighted by Gasteiger charge is -2.21. The molecule has 2 heteroatoms. The van der Waals surface area contributed by atoms with Gasteiger partial charge in [0.15, 0.2) is 5.60 Å². The number of nitriles is 1. The second-order valence-corrected chi connectivity index (χ2v) is 3.47. The van der Waals surface area contributed by atoms with Gasteiger partial charge in [0.05, 0.1) is 6.07 Å². The molecule has 2 nitrogen and oxygen atoms in total. The Morgan fingerprint density at radius 3 is 2.55 bits per heavy atom. The van der Waals surface area contributed by atoms with Crippen molar-refractivity contribution in [3.63, 3.8) is 0 Å². The van der Waals surface area contributed by atoms with Gasteiger partial charge in [-0.15, -0.1) is 0 Å². The molecule has 1 fully saturated rings. The maximum absolute atomic E-state index is 8.87. The van der Waals surface area contributed by atoms with Crippen molar-refractivity contribution in [1.82, 2.24) is 0 Å². The SMILES string of the molecule is CCOC(C)(C#N)C1CC1C. The Morgan fingerprint density at radius 2 is 2.27 bits per heavy atom. The van der Waals surface area contributed by atoms with Crippen LogP contribution in [0.4, 0.5) is 0 Å². The van der Waals surface area contributed by atoms with Crippen LogP contribution in [-0.4, -0.2) is 12.2 Å². The molecule has 0 spiro atoms. The van der Waals surface area contributed by atoms with E-state index in [1.165, 1.54) is 0 Å². The van der Waals surface area contributed by atoms with Gasteiger partial charge in [0.1, 0.15) is 0 Å². The Labute approximate surface area is 68.2 Å². The van der Waals surface area contributed by atoms with Crippen LogP contribution in [0.15, 0.2) is 0 Å². The average Bonchev–Trinajstić information content (AvgIpc) is 2.68. The fourth-order valence-electron chi connectivity index (χ4n) is 1.61. The van der Waals surface area contributed by atoms with Gasteiger partial charge in [0, 0.05) is 12.5 Å². The van der Waals surface area contributed by atoms with Crippen molar-refractivity contribution in [3.05, 3.63) is 0 Å². The molecule has 0 aromatic carbocycles. The fraction of sp³-hybridized carbons (Fsp3) is 0.889. The third-order valence-electron chi connectivity index (χ3n) is 2.48. The summed E-state index contributed by atoms with van der Waals surface area (Å²) in [5.41, 5.74) is -0.520. The van der Waals surface area contributed by atoms with E-state index in [1.54, 1.807) is 0 Å². The molecule has 0 radical (unpaired) electrons. The molecule has 3 atom stereocenters. The summed E-state index contributed by atoms with van der Waals surface area (Å²) in [6.07, 6.45) is 1.14. The van der Waals surface area contributed by atoms with Crippen molar-refractivity contribution in [2.24, 2.45) is 11.8 Å². The van der Waals surface area contributed by atoms with E-state index in [0.29, 0.717) is 18.4 Å². The number of ether oxygens (including phenoxy) is 1. The van der Waals surface area contributed by atoms with Crippen molar-refractivity contribution in [3.8, 4) is 6.07 Å². The highest BCUT2D eigenvalue weighted by atomic mass is 16.5. The molecule has 0 amide bonds. The van der Waals surface area contributed by atoms with Gasteiger partial charge in [0.25, 0.3) is 0 Å². The first-order valence-electron chi connectivity index (χ1n) is 4.19. The summed E-state index contributed by atoms with van der Waals surface area (Å²) in [7, 11) is 0. The molecule has 0 aromatic heterocycles. The highest BCUT2D eigenvalue weighted by molar-refractivity contribution is 5.10. The Morgan fingerprint density at radius 1 is 1.73 bits per heavy atom. The van der Waals surface area contributed by atoms with Crippen molar-refractivity contribution < 1.29 is 4.74 Å². The largest absolute Gasteiger partial charge is 0.360 e. The smallest absolute Gasteiger partial charge is 0.154 e. The molecule has 1 saturated carbocycles. The molecule has 0 heterocycles. The number of hydrogen-bond acceptors (Lipinski definition) is 2. The molecule has 11 heavy (non-hydrogen) atoms. The maximum atomic E-state index is 8.87. The summed E-state index contributed by atoms with van der Waals surface area (Å²) < 4.78 is 5.41. The molecule has 3 unspecified atom stereocenters. The zero-order valence-corrected chi connectivity index (χ0v) is 7.42. The second-order valence-electron chi connectivity index (χ2n) is 3.47. The van der Waals surface area contributed by atoms with E-state index in [4.69, 9.17) is 10.00 Å². The Hall–Kier alpha value is -0.550. The number of rotatable bonds is 3. The van der Waals surface area contributed by atoms with Crippen LogP contribution in [0.3, 0.4) is 0 Å². The van der Waals surface area contributed by atoms with Crippen LogP contribution in [-0.2, 0) is 4.74 Å². The lowest BCUT2D eigenvalue weighted by atomic mass is 10.0. The summed E-state index contributed by atoms with van der Waals surface area (Å²) in [6.45, 7) is 6.62. The first kappa shape index (κ1) is 8.55. The molecule has 0 saturated heterocycles.